The van der Waals surface area contributed by atoms with Crippen LogP contribution in [0.15, 0.2) is 6.20 Å². The molecule has 21 heavy (non-hydrogen) atoms. The second-order valence-corrected chi connectivity index (χ2v) is 6.46. The van der Waals surface area contributed by atoms with Gasteiger partial charge in [0.1, 0.15) is 0 Å². The predicted molar refractivity (Wildman–Crippen MR) is 81.2 cm³/mol. The van der Waals surface area contributed by atoms with E-state index in [0.29, 0.717) is 17.7 Å². The number of nitrogens with one attached hydrogen (secondary N) is 2. The van der Waals surface area contributed by atoms with Crippen LogP contribution in [0.25, 0.3) is 0 Å². The first kappa shape index (κ1) is 15.9. The Morgan fingerprint density at radius 2 is 2.24 bits per heavy atom. The van der Waals surface area contributed by atoms with Crippen molar-refractivity contribution in [2.24, 2.45) is 5.92 Å². The van der Waals surface area contributed by atoms with E-state index >= 15 is 0 Å². The van der Waals surface area contributed by atoms with Crippen molar-refractivity contribution >= 4 is 5.91 Å². The second-order valence-electron chi connectivity index (χ2n) is 6.46. The van der Waals surface area contributed by atoms with Gasteiger partial charge in [0.05, 0.1) is 12.2 Å². The molecule has 1 amide bonds. The van der Waals surface area contributed by atoms with E-state index in [1.54, 1.807) is 10.9 Å². The number of hydrogen-bond acceptors (Lipinski definition) is 5. The van der Waals surface area contributed by atoms with Crippen LogP contribution in [0.2, 0.25) is 0 Å². The van der Waals surface area contributed by atoms with E-state index in [1.807, 2.05) is 14.1 Å². The molecule has 1 atom stereocenters. The van der Waals surface area contributed by atoms with Gasteiger partial charge in [0, 0.05) is 25.7 Å². The van der Waals surface area contributed by atoms with Crippen molar-refractivity contribution in [2.45, 2.75) is 32.4 Å². The maximum absolute atomic E-state index is 12.3. The minimum absolute atomic E-state index is 0.128. The Labute approximate surface area is 126 Å². The van der Waals surface area contributed by atoms with Crippen LogP contribution in [-0.2, 0) is 0 Å². The lowest BCUT2D eigenvalue weighted by Crippen LogP contribution is -2.43. The summed E-state index contributed by atoms with van der Waals surface area (Å²) in [7, 11) is 4.03. The van der Waals surface area contributed by atoms with Crippen LogP contribution in [0.5, 0.6) is 0 Å². The molecule has 1 aliphatic heterocycles. The quantitative estimate of drug-likeness (QED) is 0.747. The van der Waals surface area contributed by atoms with Crippen LogP contribution < -0.4 is 10.6 Å². The highest BCUT2D eigenvalue weighted by Gasteiger charge is 2.23. The van der Waals surface area contributed by atoms with E-state index in [2.05, 4.69) is 39.7 Å². The van der Waals surface area contributed by atoms with Gasteiger partial charge in [-0.25, -0.2) is 4.68 Å². The normalized spacial score (nSPS) is 17.0. The van der Waals surface area contributed by atoms with Gasteiger partial charge >= 0.3 is 0 Å². The number of rotatable bonds is 7. The van der Waals surface area contributed by atoms with Gasteiger partial charge < -0.3 is 15.5 Å². The van der Waals surface area contributed by atoms with E-state index in [1.165, 1.54) is 0 Å². The van der Waals surface area contributed by atoms with Crippen molar-refractivity contribution < 1.29 is 4.79 Å². The standard InChI is InChI=1S/C14H26N6O/c1-10(2)5-11(8-19(3)4)16-14(21)13-9-20(18-17-13)12-6-15-7-12/h9-12,15H,5-8H2,1-4H3,(H,16,21). The molecule has 2 heterocycles. The Bertz CT molecular complexity index is 456. The minimum Gasteiger partial charge on any atom is -0.347 e. The van der Waals surface area contributed by atoms with Crippen LogP contribution in [0, 0.1) is 5.92 Å². The largest absolute Gasteiger partial charge is 0.347 e. The smallest absolute Gasteiger partial charge is 0.273 e. The summed E-state index contributed by atoms with van der Waals surface area (Å²) in [5, 5.41) is 14.3. The van der Waals surface area contributed by atoms with Gasteiger partial charge in [-0.3, -0.25) is 4.79 Å². The van der Waals surface area contributed by atoms with Crippen LogP contribution in [0.1, 0.15) is 36.8 Å². The number of aromatic nitrogens is 3. The first-order valence-corrected chi connectivity index (χ1v) is 7.54. The predicted octanol–water partition coefficient (Wildman–Crippen LogP) is 0.129. The third-order valence-electron chi connectivity index (χ3n) is 3.55. The molecule has 2 N–H and O–H groups in total. The summed E-state index contributed by atoms with van der Waals surface area (Å²) in [6.45, 7) is 6.93. The molecule has 7 nitrogen and oxygen atoms in total. The molecule has 0 aliphatic carbocycles. The first-order valence-electron chi connectivity index (χ1n) is 7.54. The van der Waals surface area contributed by atoms with Gasteiger partial charge in [0.25, 0.3) is 5.91 Å². The van der Waals surface area contributed by atoms with E-state index in [0.717, 1.165) is 26.1 Å². The molecule has 0 saturated carbocycles. The monoisotopic (exact) mass is 294 g/mol. The van der Waals surface area contributed by atoms with Gasteiger partial charge in [0.15, 0.2) is 5.69 Å². The highest BCUT2D eigenvalue weighted by atomic mass is 16.2. The number of likely N-dealkylation sites (N-methyl/N-ethyl adjacent to an activating group) is 1. The molecular weight excluding hydrogens is 268 g/mol. The lowest BCUT2D eigenvalue weighted by atomic mass is 10.0. The Morgan fingerprint density at radius 3 is 2.76 bits per heavy atom. The van der Waals surface area contributed by atoms with Crippen LogP contribution in [0.4, 0.5) is 0 Å². The zero-order valence-corrected chi connectivity index (χ0v) is 13.3. The van der Waals surface area contributed by atoms with E-state index in [4.69, 9.17) is 0 Å². The van der Waals surface area contributed by atoms with Gasteiger partial charge in [0.2, 0.25) is 0 Å². The average Bonchev–Trinajstić information content (AvgIpc) is 2.73. The summed E-state index contributed by atoms with van der Waals surface area (Å²) in [4.78, 5) is 14.4. The van der Waals surface area contributed by atoms with Crippen molar-refractivity contribution in [2.75, 3.05) is 33.7 Å². The van der Waals surface area contributed by atoms with Crippen LogP contribution in [0.3, 0.4) is 0 Å². The second kappa shape index (κ2) is 7.00. The summed E-state index contributed by atoms with van der Waals surface area (Å²) < 4.78 is 1.77. The number of amides is 1. The molecule has 7 heteroatoms. The number of carbonyl (C=O) groups excluding carboxylic acids is 1. The molecule has 0 spiro atoms. The molecular formula is C14H26N6O. The van der Waals surface area contributed by atoms with Gasteiger partial charge in [-0.1, -0.05) is 19.1 Å². The molecule has 1 aromatic heterocycles. The fourth-order valence-corrected chi connectivity index (χ4v) is 2.47. The lowest BCUT2D eigenvalue weighted by Gasteiger charge is -2.26. The third-order valence-corrected chi connectivity index (χ3v) is 3.55. The van der Waals surface area contributed by atoms with Crippen molar-refractivity contribution in [1.29, 1.82) is 0 Å². The van der Waals surface area contributed by atoms with Crippen LogP contribution in [-0.4, -0.2) is 65.6 Å². The molecule has 0 radical (unpaired) electrons. The van der Waals surface area contributed by atoms with Crippen LogP contribution >= 0.6 is 0 Å². The zero-order valence-electron chi connectivity index (χ0n) is 13.3. The fourth-order valence-electron chi connectivity index (χ4n) is 2.47. The van der Waals surface area contributed by atoms with Crippen molar-refractivity contribution in [3.05, 3.63) is 11.9 Å². The summed E-state index contributed by atoms with van der Waals surface area (Å²) in [5.41, 5.74) is 0.398. The van der Waals surface area contributed by atoms with Gasteiger partial charge in [-0.05, 0) is 26.4 Å². The summed E-state index contributed by atoms with van der Waals surface area (Å²) in [5.74, 6) is 0.396. The van der Waals surface area contributed by atoms with Gasteiger partial charge in [-0.15, -0.1) is 5.10 Å². The van der Waals surface area contributed by atoms with Crippen molar-refractivity contribution in [3.8, 4) is 0 Å². The Hall–Kier alpha value is -1.47. The zero-order chi connectivity index (χ0) is 15.4. The van der Waals surface area contributed by atoms with E-state index in [-0.39, 0.29) is 11.9 Å². The highest BCUT2D eigenvalue weighted by molar-refractivity contribution is 5.92. The minimum atomic E-state index is -0.138. The first-order chi connectivity index (χ1) is 9.95. The molecule has 0 bridgehead atoms. The molecule has 0 aromatic carbocycles. The third kappa shape index (κ3) is 4.50. The molecule has 1 fully saturated rings. The lowest BCUT2D eigenvalue weighted by molar-refractivity contribution is 0.0919. The Morgan fingerprint density at radius 1 is 1.52 bits per heavy atom. The molecule has 1 aliphatic rings. The molecule has 1 aromatic rings. The molecule has 2 rings (SSSR count). The van der Waals surface area contributed by atoms with E-state index in [9.17, 15) is 4.79 Å². The number of nitrogens with zero attached hydrogens (tertiary/aromatic N) is 4. The number of hydrogen-bond donors (Lipinski definition) is 2. The fraction of sp³-hybridized carbons (Fsp3) is 0.786. The average molecular weight is 294 g/mol. The summed E-state index contributed by atoms with van der Waals surface area (Å²) >= 11 is 0. The topological polar surface area (TPSA) is 75.1 Å². The molecule has 118 valence electrons. The maximum atomic E-state index is 12.3. The number of carbonyl (C=O) groups is 1. The van der Waals surface area contributed by atoms with Gasteiger partial charge in [-0.2, -0.15) is 0 Å². The highest BCUT2D eigenvalue weighted by Crippen LogP contribution is 2.11. The Kier molecular flexibility index (Phi) is 5.30. The van der Waals surface area contributed by atoms with Crippen molar-refractivity contribution in [3.63, 3.8) is 0 Å². The molecule has 1 saturated heterocycles. The Balaban J connectivity index is 1.95. The SMILES string of the molecule is CC(C)CC(CN(C)C)NC(=O)c1cn(C2CNC2)nn1. The summed E-state index contributed by atoms with van der Waals surface area (Å²) in [6.07, 6.45) is 2.69. The van der Waals surface area contributed by atoms with Crippen molar-refractivity contribution in [1.82, 2.24) is 30.5 Å². The summed E-state index contributed by atoms with van der Waals surface area (Å²) in [6, 6.07) is 0.454. The van der Waals surface area contributed by atoms with E-state index < -0.39 is 0 Å². The maximum Gasteiger partial charge on any atom is 0.273 e. The molecule has 1 unspecified atom stereocenters.